The van der Waals surface area contributed by atoms with Crippen LogP contribution in [0.1, 0.15) is 28.9 Å². The van der Waals surface area contributed by atoms with E-state index in [1.807, 2.05) is 31.2 Å². The zero-order chi connectivity index (χ0) is 16.1. The molecule has 0 aromatic heterocycles. The summed E-state index contributed by atoms with van der Waals surface area (Å²) in [6.45, 7) is 1.93. The SMILES string of the molecule is COc1cccc(OC)c1C(=O)NC(C)c1ccc(Br)cc1. The van der Waals surface area contributed by atoms with Crippen LogP contribution in [0.15, 0.2) is 46.9 Å². The summed E-state index contributed by atoms with van der Waals surface area (Å²) in [5, 5.41) is 2.97. The van der Waals surface area contributed by atoms with Crippen LogP contribution >= 0.6 is 15.9 Å². The van der Waals surface area contributed by atoms with E-state index in [4.69, 9.17) is 9.47 Å². The first kappa shape index (κ1) is 16.4. The predicted molar refractivity (Wildman–Crippen MR) is 89.6 cm³/mol. The van der Waals surface area contributed by atoms with E-state index in [9.17, 15) is 4.79 Å². The van der Waals surface area contributed by atoms with Crippen molar-refractivity contribution in [2.75, 3.05) is 14.2 Å². The standard InChI is InChI=1S/C17H18BrNO3/c1-11(12-7-9-13(18)10-8-12)19-17(20)16-14(21-2)5-4-6-15(16)22-3/h4-11H,1-3H3,(H,19,20). The number of carbonyl (C=O) groups is 1. The lowest BCUT2D eigenvalue weighted by molar-refractivity contribution is 0.0933. The fraction of sp³-hybridized carbons (Fsp3) is 0.235. The van der Waals surface area contributed by atoms with Crippen LogP contribution in [-0.4, -0.2) is 20.1 Å². The summed E-state index contributed by atoms with van der Waals surface area (Å²) < 4.78 is 11.5. The topological polar surface area (TPSA) is 47.6 Å². The van der Waals surface area contributed by atoms with Gasteiger partial charge in [-0.25, -0.2) is 0 Å². The predicted octanol–water partition coefficient (Wildman–Crippen LogP) is 3.96. The molecule has 2 aromatic carbocycles. The number of hydrogen-bond acceptors (Lipinski definition) is 3. The molecule has 1 unspecified atom stereocenters. The highest BCUT2D eigenvalue weighted by atomic mass is 79.9. The molecular formula is C17H18BrNO3. The Balaban J connectivity index is 2.23. The summed E-state index contributed by atoms with van der Waals surface area (Å²) >= 11 is 3.40. The molecule has 0 bridgehead atoms. The van der Waals surface area contributed by atoms with E-state index in [-0.39, 0.29) is 11.9 Å². The summed E-state index contributed by atoms with van der Waals surface area (Å²) in [4.78, 5) is 12.6. The van der Waals surface area contributed by atoms with E-state index >= 15 is 0 Å². The lowest BCUT2D eigenvalue weighted by Gasteiger charge is -2.17. The van der Waals surface area contributed by atoms with E-state index in [0.717, 1.165) is 10.0 Å². The van der Waals surface area contributed by atoms with Gasteiger partial charge in [0.05, 0.1) is 20.3 Å². The van der Waals surface area contributed by atoms with Crippen LogP contribution < -0.4 is 14.8 Å². The molecule has 0 aliphatic rings. The molecule has 0 heterocycles. The van der Waals surface area contributed by atoms with Crippen molar-refractivity contribution in [3.63, 3.8) is 0 Å². The van der Waals surface area contributed by atoms with Gasteiger partial charge in [-0.1, -0.05) is 34.1 Å². The number of benzene rings is 2. The smallest absolute Gasteiger partial charge is 0.259 e. The maximum absolute atomic E-state index is 12.6. The summed E-state index contributed by atoms with van der Waals surface area (Å²) in [7, 11) is 3.06. The molecule has 0 aliphatic heterocycles. The van der Waals surface area contributed by atoms with Crippen LogP contribution in [0.25, 0.3) is 0 Å². The van der Waals surface area contributed by atoms with Gasteiger partial charge in [0.1, 0.15) is 17.1 Å². The monoisotopic (exact) mass is 363 g/mol. The molecule has 0 aliphatic carbocycles. The quantitative estimate of drug-likeness (QED) is 0.874. The summed E-state index contributed by atoms with van der Waals surface area (Å²) in [6.07, 6.45) is 0. The van der Waals surface area contributed by atoms with Crippen LogP contribution in [0, 0.1) is 0 Å². The van der Waals surface area contributed by atoms with Crippen LogP contribution in [-0.2, 0) is 0 Å². The van der Waals surface area contributed by atoms with Crippen molar-refractivity contribution in [2.45, 2.75) is 13.0 Å². The molecule has 1 amide bonds. The lowest BCUT2D eigenvalue weighted by atomic mass is 10.1. The van der Waals surface area contributed by atoms with Crippen molar-refractivity contribution >= 4 is 21.8 Å². The van der Waals surface area contributed by atoms with Gasteiger partial charge in [0.2, 0.25) is 0 Å². The van der Waals surface area contributed by atoms with Crippen molar-refractivity contribution < 1.29 is 14.3 Å². The molecule has 2 aromatic rings. The van der Waals surface area contributed by atoms with E-state index in [1.165, 1.54) is 14.2 Å². The van der Waals surface area contributed by atoms with E-state index < -0.39 is 0 Å². The maximum atomic E-state index is 12.6. The lowest BCUT2D eigenvalue weighted by Crippen LogP contribution is -2.27. The highest BCUT2D eigenvalue weighted by Crippen LogP contribution is 2.28. The van der Waals surface area contributed by atoms with Gasteiger partial charge >= 0.3 is 0 Å². The van der Waals surface area contributed by atoms with E-state index in [0.29, 0.717) is 17.1 Å². The Kier molecular flexibility index (Phi) is 5.44. The third-order valence-electron chi connectivity index (χ3n) is 3.37. The Morgan fingerprint density at radius 3 is 2.09 bits per heavy atom. The summed E-state index contributed by atoms with van der Waals surface area (Å²) in [5.74, 6) is 0.740. The summed E-state index contributed by atoms with van der Waals surface area (Å²) in [5.41, 5.74) is 1.42. The fourth-order valence-corrected chi connectivity index (χ4v) is 2.44. The molecular weight excluding hydrogens is 346 g/mol. The highest BCUT2D eigenvalue weighted by molar-refractivity contribution is 9.10. The molecule has 1 atom stereocenters. The normalized spacial score (nSPS) is 11.6. The van der Waals surface area contributed by atoms with Gasteiger partial charge in [-0.05, 0) is 36.8 Å². The Bertz CT molecular complexity index is 633. The minimum atomic E-state index is -0.232. The van der Waals surface area contributed by atoms with Gasteiger partial charge in [0.15, 0.2) is 0 Å². The second-order valence-corrected chi connectivity index (χ2v) is 5.70. The molecule has 2 rings (SSSR count). The molecule has 116 valence electrons. The van der Waals surface area contributed by atoms with Gasteiger partial charge in [0, 0.05) is 4.47 Å². The number of ether oxygens (including phenoxy) is 2. The number of halogens is 1. The van der Waals surface area contributed by atoms with Gasteiger partial charge in [-0.3, -0.25) is 4.79 Å². The molecule has 22 heavy (non-hydrogen) atoms. The van der Waals surface area contributed by atoms with Gasteiger partial charge < -0.3 is 14.8 Å². The average molecular weight is 364 g/mol. The van der Waals surface area contributed by atoms with Crippen LogP contribution in [0.3, 0.4) is 0 Å². The zero-order valence-electron chi connectivity index (χ0n) is 12.7. The first-order valence-corrected chi connectivity index (χ1v) is 7.63. The Morgan fingerprint density at radius 2 is 1.59 bits per heavy atom. The van der Waals surface area contributed by atoms with Gasteiger partial charge in [0.25, 0.3) is 5.91 Å². The third-order valence-corrected chi connectivity index (χ3v) is 3.90. The molecule has 1 N–H and O–H groups in total. The number of carbonyl (C=O) groups excluding carboxylic acids is 1. The van der Waals surface area contributed by atoms with Crippen molar-refractivity contribution in [1.29, 1.82) is 0 Å². The second-order valence-electron chi connectivity index (χ2n) is 4.78. The molecule has 0 spiro atoms. The Hall–Kier alpha value is -2.01. The van der Waals surface area contributed by atoms with Crippen molar-refractivity contribution in [3.8, 4) is 11.5 Å². The summed E-state index contributed by atoms with van der Waals surface area (Å²) in [6, 6.07) is 13.0. The first-order chi connectivity index (χ1) is 10.6. The van der Waals surface area contributed by atoms with E-state index in [2.05, 4.69) is 21.2 Å². The van der Waals surface area contributed by atoms with Crippen LogP contribution in [0.5, 0.6) is 11.5 Å². The minimum absolute atomic E-state index is 0.129. The number of rotatable bonds is 5. The second kappa shape index (κ2) is 7.31. The van der Waals surface area contributed by atoms with Gasteiger partial charge in [-0.15, -0.1) is 0 Å². The average Bonchev–Trinajstić information content (AvgIpc) is 2.54. The number of methoxy groups -OCH3 is 2. The Labute approximate surface area is 138 Å². The molecule has 0 fully saturated rings. The highest BCUT2D eigenvalue weighted by Gasteiger charge is 2.20. The zero-order valence-corrected chi connectivity index (χ0v) is 14.3. The number of amides is 1. The van der Waals surface area contributed by atoms with Crippen LogP contribution in [0.4, 0.5) is 0 Å². The van der Waals surface area contributed by atoms with E-state index in [1.54, 1.807) is 18.2 Å². The minimum Gasteiger partial charge on any atom is -0.496 e. The van der Waals surface area contributed by atoms with Gasteiger partial charge in [-0.2, -0.15) is 0 Å². The van der Waals surface area contributed by atoms with Crippen molar-refractivity contribution in [3.05, 3.63) is 58.1 Å². The Morgan fingerprint density at radius 1 is 1.05 bits per heavy atom. The number of hydrogen-bond donors (Lipinski definition) is 1. The molecule has 4 nitrogen and oxygen atoms in total. The molecule has 0 saturated carbocycles. The molecule has 0 radical (unpaired) electrons. The maximum Gasteiger partial charge on any atom is 0.259 e. The largest absolute Gasteiger partial charge is 0.496 e. The third kappa shape index (κ3) is 3.60. The van der Waals surface area contributed by atoms with Crippen molar-refractivity contribution in [2.24, 2.45) is 0 Å². The van der Waals surface area contributed by atoms with Crippen LogP contribution in [0.2, 0.25) is 0 Å². The molecule has 5 heteroatoms. The fourth-order valence-electron chi connectivity index (χ4n) is 2.18. The number of nitrogens with one attached hydrogen (secondary N) is 1. The first-order valence-electron chi connectivity index (χ1n) is 6.84. The van der Waals surface area contributed by atoms with Crippen molar-refractivity contribution in [1.82, 2.24) is 5.32 Å². The molecule has 0 saturated heterocycles.